The molecule has 3 nitrogen and oxygen atoms in total. The molecular formula is C16H17BrClNO2. The van der Waals surface area contributed by atoms with Crippen molar-refractivity contribution in [3.63, 3.8) is 0 Å². The van der Waals surface area contributed by atoms with Crippen LogP contribution in [0.1, 0.15) is 22.7 Å². The summed E-state index contributed by atoms with van der Waals surface area (Å²) in [7, 11) is 3.22. The molecule has 0 aliphatic heterocycles. The molecule has 2 aromatic rings. The molecule has 0 heterocycles. The fourth-order valence-electron chi connectivity index (χ4n) is 2.18. The maximum absolute atomic E-state index is 6.38. The van der Waals surface area contributed by atoms with Crippen molar-refractivity contribution in [2.24, 2.45) is 5.73 Å². The summed E-state index contributed by atoms with van der Waals surface area (Å²) < 4.78 is 11.6. The lowest BCUT2D eigenvalue weighted by Gasteiger charge is -2.19. The number of hydrogen-bond acceptors (Lipinski definition) is 3. The van der Waals surface area contributed by atoms with Crippen molar-refractivity contribution in [2.45, 2.75) is 13.0 Å². The third-order valence-corrected chi connectivity index (χ3v) is 4.28. The summed E-state index contributed by atoms with van der Waals surface area (Å²) in [6.07, 6.45) is 0. The number of ether oxygens (including phenoxy) is 2. The van der Waals surface area contributed by atoms with Crippen molar-refractivity contribution in [3.8, 4) is 11.5 Å². The Morgan fingerprint density at radius 3 is 2.29 bits per heavy atom. The van der Waals surface area contributed by atoms with Gasteiger partial charge in [0.05, 0.1) is 24.7 Å². The van der Waals surface area contributed by atoms with Crippen molar-refractivity contribution in [2.75, 3.05) is 14.2 Å². The van der Waals surface area contributed by atoms with Crippen LogP contribution < -0.4 is 15.2 Å². The molecule has 0 spiro atoms. The molecule has 5 heteroatoms. The molecule has 112 valence electrons. The minimum Gasteiger partial charge on any atom is -0.496 e. The molecule has 2 N–H and O–H groups in total. The molecule has 1 unspecified atom stereocenters. The monoisotopic (exact) mass is 369 g/mol. The summed E-state index contributed by atoms with van der Waals surface area (Å²) in [5, 5.41) is 0.645. The topological polar surface area (TPSA) is 44.5 Å². The Kier molecular flexibility index (Phi) is 5.14. The molecule has 2 aromatic carbocycles. The summed E-state index contributed by atoms with van der Waals surface area (Å²) in [6, 6.07) is 9.15. The molecule has 0 fully saturated rings. The molecule has 0 radical (unpaired) electrons. The van der Waals surface area contributed by atoms with Crippen molar-refractivity contribution in [3.05, 3.63) is 56.5 Å². The Bertz CT molecular complexity index is 661. The van der Waals surface area contributed by atoms with Gasteiger partial charge >= 0.3 is 0 Å². The first-order valence-corrected chi connectivity index (χ1v) is 7.58. The lowest BCUT2D eigenvalue weighted by Crippen LogP contribution is -2.14. The van der Waals surface area contributed by atoms with Crippen molar-refractivity contribution < 1.29 is 9.47 Å². The van der Waals surface area contributed by atoms with Gasteiger partial charge in [-0.05, 0) is 52.2 Å². The largest absolute Gasteiger partial charge is 0.496 e. The molecule has 0 amide bonds. The van der Waals surface area contributed by atoms with E-state index in [2.05, 4.69) is 15.9 Å². The third kappa shape index (κ3) is 3.34. The zero-order chi connectivity index (χ0) is 15.6. The van der Waals surface area contributed by atoms with E-state index in [0.29, 0.717) is 16.5 Å². The zero-order valence-electron chi connectivity index (χ0n) is 12.1. The highest BCUT2D eigenvalue weighted by molar-refractivity contribution is 9.10. The van der Waals surface area contributed by atoms with E-state index in [1.165, 1.54) is 0 Å². The molecular weight excluding hydrogens is 354 g/mol. The van der Waals surface area contributed by atoms with Crippen molar-refractivity contribution >= 4 is 27.5 Å². The maximum Gasteiger partial charge on any atom is 0.133 e. The van der Waals surface area contributed by atoms with Crippen LogP contribution in [0.25, 0.3) is 0 Å². The molecule has 0 bridgehead atoms. The second-order valence-electron chi connectivity index (χ2n) is 4.73. The smallest absolute Gasteiger partial charge is 0.133 e. The Morgan fingerprint density at radius 1 is 1.05 bits per heavy atom. The number of rotatable bonds is 4. The van der Waals surface area contributed by atoms with Crippen LogP contribution in [0.2, 0.25) is 5.02 Å². The van der Waals surface area contributed by atoms with Crippen LogP contribution in [0.3, 0.4) is 0 Å². The van der Waals surface area contributed by atoms with Crippen LogP contribution in [-0.4, -0.2) is 14.2 Å². The summed E-state index contributed by atoms with van der Waals surface area (Å²) in [6.45, 7) is 1.99. The lowest BCUT2D eigenvalue weighted by molar-refractivity contribution is 0.395. The molecule has 1 atom stereocenters. The van der Waals surface area contributed by atoms with Gasteiger partial charge in [-0.25, -0.2) is 0 Å². The predicted molar refractivity (Wildman–Crippen MR) is 89.5 cm³/mol. The van der Waals surface area contributed by atoms with Gasteiger partial charge < -0.3 is 15.2 Å². The van der Waals surface area contributed by atoms with Crippen LogP contribution in [0.15, 0.2) is 34.8 Å². The zero-order valence-corrected chi connectivity index (χ0v) is 14.5. The molecule has 0 aromatic heterocycles. The summed E-state index contributed by atoms with van der Waals surface area (Å²) >= 11 is 9.75. The predicted octanol–water partition coefficient (Wildman–Crippen LogP) is 4.48. The van der Waals surface area contributed by atoms with Gasteiger partial charge in [0.15, 0.2) is 0 Å². The van der Waals surface area contributed by atoms with Crippen LogP contribution in [0.5, 0.6) is 11.5 Å². The standard InChI is InChI=1S/C16H17BrClNO2/c1-9-4-5-10(13(18)6-9)16(19)11-7-15(21-3)12(17)8-14(11)20-2/h4-8,16H,19H2,1-3H3. The van der Waals surface area contributed by atoms with E-state index in [-0.39, 0.29) is 0 Å². The number of aryl methyl sites for hydroxylation is 1. The first kappa shape index (κ1) is 16.1. The third-order valence-electron chi connectivity index (χ3n) is 3.33. The highest BCUT2D eigenvalue weighted by Gasteiger charge is 2.19. The summed E-state index contributed by atoms with van der Waals surface area (Å²) in [5.41, 5.74) is 9.15. The van der Waals surface area contributed by atoms with E-state index in [4.69, 9.17) is 26.8 Å². The lowest BCUT2D eigenvalue weighted by atomic mass is 9.97. The van der Waals surface area contributed by atoms with Crippen LogP contribution in [0.4, 0.5) is 0 Å². The van der Waals surface area contributed by atoms with Gasteiger partial charge in [-0.2, -0.15) is 0 Å². The normalized spacial score (nSPS) is 12.1. The first-order valence-electron chi connectivity index (χ1n) is 6.41. The molecule has 21 heavy (non-hydrogen) atoms. The fraction of sp³-hybridized carbons (Fsp3) is 0.250. The Hall–Kier alpha value is -1.23. The van der Waals surface area contributed by atoms with E-state index in [1.54, 1.807) is 14.2 Å². The van der Waals surface area contributed by atoms with E-state index >= 15 is 0 Å². The SMILES string of the molecule is COc1cc(C(N)c2ccc(C)cc2Cl)c(OC)cc1Br. The van der Waals surface area contributed by atoms with Gasteiger partial charge in [-0.15, -0.1) is 0 Å². The number of methoxy groups -OCH3 is 2. The Labute approximate surface area is 138 Å². The quantitative estimate of drug-likeness (QED) is 0.863. The second-order valence-corrected chi connectivity index (χ2v) is 5.99. The van der Waals surface area contributed by atoms with Crippen LogP contribution in [-0.2, 0) is 0 Å². The molecule has 0 saturated heterocycles. The van der Waals surface area contributed by atoms with Gasteiger partial charge in [0.25, 0.3) is 0 Å². The number of nitrogens with two attached hydrogens (primary N) is 1. The molecule has 0 aliphatic rings. The number of benzene rings is 2. The Balaban J connectivity index is 2.53. The molecule has 2 rings (SSSR count). The van der Waals surface area contributed by atoms with Gasteiger partial charge in [0.2, 0.25) is 0 Å². The second kappa shape index (κ2) is 6.69. The minimum atomic E-state index is -0.393. The molecule has 0 saturated carbocycles. The van der Waals surface area contributed by atoms with E-state index in [1.807, 2.05) is 37.3 Å². The van der Waals surface area contributed by atoms with Gasteiger partial charge in [0.1, 0.15) is 11.5 Å². The number of halogens is 2. The summed E-state index contributed by atoms with van der Waals surface area (Å²) in [5.74, 6) is 1.39. The Morgan fingerprint density at radius 2 is 1.71 bits per heavy atom. The minimum absolute atomic E-state index is 0.393. The van der Waals surface area contributed by atoms with Gasteiger partial charge in [0, 0.05) is 10.6 Å². The van der Waals surface area contributed by atoms with Crippen LogP contribution in [0, 0.1) is 6.92 Å². The van der Waals surface area contributed by atoms with Gasteiger partial charge in [-0.1, -0.05) is 23.7 Å². The number of hydrogen-bond donors (Lipinski definition) is 1. The highest BCUT2D eigenvalue weighted by atomic mass is 79.9. The average Bonchev–Trinajstić information content (AvgIpc) is 2.46. The average molecular weight is 371 g/mol. The molecule has 0 aliphatic carbocycles. The van der Waals surface area contributed by atoms with Crippen LogP contribution >= 0.6 is 27.5 Å². The van der Waals surface area contributed by atoms with E-state index in [0.717, 1.165) is 21.2 Å². The van der Waals surface area contributed by atoms with Gasteiger partial charge in [-0.3, -0.25) is 0 Å². The summed E-state index contributed by atoms with van der Waals surface area (Å²) in [4.78, 5) is 0. The fourth-order valence-corrected chi connectivity index (χ4v) is 3.02. The first-order chi connectivity index (χ1) is 9.97. The van der Waals surface area contributed by atoms with Crippen molar-refractivity contribution in [1.29, 1.82) is 0 Å². The van der Waals surface area contributed by atoms with Crippen molar-refractivity contribution in [1.82, 2.24) is 0 Å². The van der Waals surface area contributed by atoms with E-state index in [9.17, 15) is 0 Å². The highest BCUT2D eigenvalue weighted by Crippen LogP contribution is 2.38. The maximum atomic E-state index is 6.38. The van der Waals surface area contributed by atoms with E-state index < -0.39 is 6.04 Å².